The number of ether oxygens (including phenoxy) is 1. The smallest absolute Gasteiger partial charge is 0.243 e. The minimum absolute atomic E-state index is 0. The van der Waals surface area contributed by atoms with Crippen molar-refractivity contribution < 1.29 is 13.2 Å². The number of piperazine rings is 1. The van der Waals surface area contributed by atoms with Gasteiger partial charge in [-0.25, -0.2) is 8.42 Å². The third kappa shape index (κ3) is 3.04. The predicted molar refractivity (Wildman–Crippen MR) is 83.7 cm³/mol. The molecule has 0 spiro atoms. The van der Waals surface area contributed by atoms with Crippen molar-refractivity contribution in [1.29, 1.82) is 0 Å². The molecular formula is C14H21ClN2O3S. The lowest BCUT2D eigenvalue weighted by molar-refractivity contribution is 0.244. The van der Waals surface area contributed by atoms with E-state index >= 15 is 0 Å². The van der Waals surface area contributed by atoms with Crippen LogP contribution in [0.25, 0.3) is 0 Å². The van der Waals surface area contributed by atoms with Crippen molar-refractivity contribution in [3.8, 4) is 5.75 Å². The molecule has 118 valence electrons. The molecule has 0 bridgehead atoms. The summed E-state index contributed by atoms with van der Waals surface area (Å²) in [6.45, 7) is 5.78. The van der Waals surface area contributed by atoms with Crippen LogP contribution in [0.2, 0.25) is 0 Å². The van der Waals surface area contributed by atoms with Crippen LogP contribution in [-0.2, 0) is 16.4 Å². The third-order valence-electron chi connectivity index (χ3n) is 3.97. The number of sulfonamides is 1. The first kappa shape index (κ1) is 16.5. The molecule has 0 saturated carbocycles. The summed E-state index contributed by atoms with van der Waals surface area (Å²) in [5, 5.41) is 3.30. The average molecular weight is 333 g/mol. The summed E-state index contributed by atoms with van der Waals surface area (Å²) in [5.74, 6) is 0.811. The van der Waals surface area contributed by atoms with Crippen LogP contribution >= 0.6 is 12.4 Å². The van der Waals surface area contributed by atoms with Gasteiger partial charge in [-0.15, -0.1) is 12.4 Å². The molecule has 1 aromatic carbocycles. The molecule has 1 aromatic rings. The van der Waals surface area contributed by atoms with Crippen LogP contribution in [0, 0.1) is 0 Å². The van der Waals surface area contributed by atoms with Gasteiger partial charge in [0.05, 0.1) is 11.5 Å². The quantitative estimate of drug-likeness (QED) is 0.889. The van der Waals surface area contributed by atoms with Crippen LogP contribution in [0.1, 0.15) is 19.4 Å². The number of fused-ring (bicyclic) bond motifs is 1. The monoisotopic (exact) mass is 332 g/mol. The molecule has 2 heterocycles. The van der Waals surface area contributed by atoms with Crippen molar-refractivity contribution in [2.45, 2.75) is 37.2 Å². The number of rotatable bonds is 2. The maximum absolute atomic E-state index is 12.8. The van der Waals surface area contributed by atoms with Crippen molar-refractivity contribution in [3.05, 3.63) is 23.8 Å². The highest BCUT2D eigenvalue weighted by Gasteiger charge is 2.33. The van der Waals surface area contributed by atoms with Gasteiger partial charge in [0, 0.05) is 31.6 Å². The number of hydrogen-bond donors (Lipinski definition) is 1. The molecule has 2 atom stereocenters. The Morgan fingerprint density at radius 3 is 2.86 bits per heavy atom. The highest BCUT2D eigenvalue weighted by atomic mass is 35.5. The minimum atomic E-state index is -3.43. The molecule has 0 radical (unpaired) electrons. The number of halogens is 1. The van der Waals surface area contributed by atoms with E-state index in [1.54, 1.807) is 22.5 Å². The lowest BCUT2D eigenvalue weighted by atomic mass is 10.2. The predicted octanol–water partition coefficient (Wildman–Crippen LogP) is 1.41. The molecule has 2 aliphatic rings. The van der Waals surface area contributed by atoms with Gasteiger partial charge in [-0.2, -0.15) is 4.31 Å². The first-order chi connectivity index (χ1) is 9.48. The Hall–Kier alpha value is -0.820. The molecule has 21 heavy (non-hydrogen) atoms. The van der Waals surface area contributed by atoms with E-state index in [9.17, 15) is 8.42 Å². The Kier molecular flexibility index (Phi) is 4.82. The summed E-state index contributed by atoms with van der Waals surface area (Å²) in [6, 6.07) is 5.33. The normalized spacial score (nSPS) is 25.8. The van der Waals surface area contributed by atoms with Gasteiger partial charge >= 0.3 is 0 Å². The number of benzene rings is 1. The van der Waals surface area contributed by atoms with Gasteiger partial charge < -0.3 is 10.1 Å². The van der Waals surface area contributed by atoms with Crippen LogP contribution in [0.4, 0.5) is 0 Å². The van der Waals surface area contributed by atoms with Gasteiger partial charge in [-0.05, 0) is 37.6 Å². The molecule has 0 amide bonds. The van der Waals surface area contributed by atoms with Crippen molar-refractivity contribution in [2.24, 2.45) is 0 Å². The molecule has 1 saturated heterocycles. The maximum atomic E-state index is 12.8. The zero-order chi connectivity index (χ0) is 14.3. The maximum Gasteiger partial charge on any atom is 0.243 e. The van der Waals surface area contributed by atoms with Crippen molar-refractivity contribution >= 4 is 22.4 Å². The Morgan fingerprint density at radius 1 is 1.33 bits per heavy atom. The Balaban J connectivity index is 0.00000161. The highest BCUT2D eigenvalue weighted by Crippen LogP contribution is 2.29. The van der Waals surface area contributed by atoms with Crippen LogP contribution < -0.4 is 10.1 Å². The van der Waals surface area contributed by atoms with Gasteiger partial charge in [0.2, 0.25) is 10.0 Å². The van der Waals surface area contributed by atoms with Crippen LogP contribution in [-0.4, -0.2) is 44.5 Å². The topological polar surface area (TPSA) is 58.6 Å². The third-order valence-corrected chi connectivity index (χ3v) is 5.95. The van der Waals surface area contributed by atoms with E-state index in [0.717, 1.165) is 17.7 Å². The first-order valence-corrected chi connectivity index (χ1v) is 8.43. The molecule has 1 N–H and O–H groups in total. The van der Waals surface area contributed by atoms with E-state index in [4.69, 9.17) is 4.74 Å². The molecule has 7 heteroatoms. The zero-order valence-corrected chi connectivity index (χ0v) is 13.8. The van der Waals surface area contributed by atoms with Gasteiger partial charge in [0.1, 0.15) is 5.75 Å². The summed E-state index contributed by atoms with van der Waals surface area (Å²) in [5.41, 5.74) is 0.988. The fraction of sp³-hybridized carbons (Fsp3) is 0.571. The van der Waals surface area contributed by atoms with Gasteiger partial charge in [-0.1, -0.05) is 0 Å². The van der Waals surface area contributed by atoms with E-state index in [1.807, 2.05) is 13.8 Å². The molecule has 0 aliphatic carbocycles. The molecule has 3 rings (SSSR count). The summed E-state index contributed by atoms with van der Waals surface area (Å²) in [7, 11) is -3.43. The molecule has 1 fully saturated rings. The standard InChI is InChI=1S/C14H20N2O3S.ClH/c1-10-9-16(11(2)8-15-10)20(17,18)13-3-4-14-12(7-13)5-6-19-14;/h3-4,7,10-11,15H,5-6,8-9H2,1-2H3;1H. The molecule has 2 aliphatic heterocycles. The summed E-state index contributed by atoms with van der Waals surface area (Å²) < 4.78 is 32.6. The molecule has 2 unspecified atom stereocenters. The Morgan fingerprint density at radius 2 is 2.10 bits per heavy atom. The summed E-state index contributed by atoms with van der Waals surface area (Å²) in [4.78, 5) is 0.378. The molecular weight excluding hydrogens is 312 g/mol. The van der Waals surface area contributed by atoms with E-state index in [1.165, 1.54) is 0 Å². The zero-order valence-electron chi connectivity index (χ0n) is 12.2. The lowest BCUT2D eigenvalue weighted by Gasteiger charge is -2.36. The van der Waals surface area contributed by atoms with Crippen molar-refractivity contribution in [3.63, 3.8) is 0 Å². The van der Waals surface area contributed by atoms with E-state index < -0.39 is 10.0 Å². The van der Waals surface area contributed by atoms with Gasteiger partial charge in [-0.3, -0.25) is 0 Å². The van der Waals surface area contributed by atoms with Crippen LogP contribution in [0.15, 0.2) is 23.1 Å². The van der Waals surface area contributed by atoms with Crippen molar-refractivity contribution in [2.75, 3.05) is 19.7 Å². The Bertz CT molecular complexity index is 621. The summed E-state index contributed by atoms with van der Waals surface area (Å²) >= 11 is 0. The number of hydrogen-bond acceptors (Lipinski definition) is 4. The fourth-order valence-corrected chi connectivity index (χ4v) is 4.55. The number of nitrogens with zero attached hydrogens (tertiary/aromatic N) is 1. The first-order valence-electron chi connectivity index (χ1n) is 6.99. The van der Waals surface area contributed by atoms with Crippen LogP contribution in [0.3, 0.4) is 0 Å². The Labute approximate surface area is 132 Å². The fourth-order valence-electron chi connectivity index (χ4n) is 2.78. The average Bonchev–Trinajstić information content (AvgIpc) is 2.88. The van der Waals surface area contributed by atoms with E-state index in [0.29, 0.717) is 24.6 Å². The highest BCUT2D eigenvalue weighted by molar-refractivity contribution is 7.89. The minimum Gasteiger partial charge on any atom is -0.493 e. The number of nitrogens with one attached hydrogen (secondary N) is 1. The van der Waals surface area contributed by atoms with E-state index in [-0.39, 0.29) is 24.5 Å². The van der Waals surface area contributed by atoms with E-state index in [2.05, 4.69) is 5.32 Å². The second-order valence-corrected chi connectivity index (χ2v) is 7.49. The van der Waals surface area contributed by atoms with Crippen LogP contribution in [0.5, 0.6) is 5.75 Å². The largest absolute Gasteiger partial charge is 0.493 e. The summed E-state index contributed by atoms with van der Waals surface area (Å²) in [6.07, 6.45) is 0.784. The molecule has 0 aromatic heterocycles. The second kappa shape index (κ2) is 6.12. The van der Waals surface area contributed by atoms with Crippen molar-refractivity contribution in [1.82, 2.24) is 9.62 Å². The second-order valence-electron chi connectivity index (χ2n) is 5.60. The van der Waals surface area contributed by atoms with Gasteiger partial charge in [0.25, 0.3) is 0 Å². The molecule has 5 nitrogen and oxygen atoms in total. The lowest BCUT2D eigenvalue weighted by Crippen LogP contribution is -2.56. The SMILES string of the molecule is CC1CN(S(=O)(=O)c2ccc3c(c2)CCO3)C(C)CN1.Cl. The van der Waals surface area contributed by atoms with Gasteiger partial charge in [0.15, 0.2) is 0 Å².